The first kappa shape index (κ1) is 33.5. The Labute approximate surface area is 284 Å². The van der Waals surface area contributed by atoms with Crippen molar-refractivity contribution < 1.29 is 55.2 Å². The van der Waals surface area contributed by atoms with E-state index >= 15 is 0 Å². The van der Waals surface area contributed by atoms with Crippen molar-refractivity contribution in [2.24, 2.45) is 0 Å². The topological polar surface area (TPSA) is 112 Å². The summed E-state index contributed by atoms with van der Waals surface area (Å²) in [6.07, 6.45) is 0. The number of aromatic nitrogens is 1. The van der Waals surface area contributed by atoms with E-state index in [2.05, 4.69) is 39.5 Å². The summed E-state index contributed by atoms with van der Waals surface area (Å²) < 4.78 is 5.44. The minimum atomic E-state index is -1.16. The number of ether oxygens (including phenoxy) is 1. The number of carboxylic acids is 1. The molecule has 0 unspecified atom stereocenters. The van der Waals surface area contributed by atoms with Crippen molar-refractivity contribution in [1.29, 1.82) is 0 Å². The Kier molecular flexibility index (Phi) is 11.9. The third kappa shape index (κ3) is 8.20. The van der Waals surface area contributed by atoms with Gasteiger partial charge in [-0.3, -0.25) is 14.5 Å². The molecule has 3 aromatic carbocycles. The van der Waals surface area contributed by atoms with Crippen LogP contribution in [0.25, 0.3) is 10.4 Å². The molecule has 1 aliphatic heterocycles. The van der Waals surface area contributed by atoms with Crippen LogP contribution in [-0.4, -0.2) is 77.1 Å². The number of anilines is 1. The molecule has 1 aliphatic rings. The zero-order valence-electron chi connectivity index (χ0n) is 26.2. The van der Waals surface area contributed by atoms with Gasteiger partial charge in [0.25, 0.3) is 0 Å². The van der Waals surface area contributed by atoms with Gasteiger partial charge in [-0.2, -0.15) is 0 Å². The first-order valence-corrected chi connectivity index (χ1v) is 14.9. The third-order valence-corrected chi connectivity index (χ3v) is 8.53. The fraction of sp³-hybridized carbons (Fsp3) is 0.273. The molecule has 0 saturated carbocycles. The van der Waals surface area contributed by atoms with Gasteiger partial charge in [-0.1, -0.05) is 66.7 Å². The summed E-state index contributed by atoms with van der Waals surface area (Å²) in [6.45, 7) is 5.68. The van der Waals surface area contributed by atoms with Gasteiger partial charge in [0.1, 0.15) is 13.2 Å². The summed E-state index contributed by atoms with van der Waals surface area (Å²) >= 11 is 1.48. The number of carboxylic acid groups (broad SMARTS) is 1. The second kappa shape index (κ2) is 15.6. The summed E-state index contributed by atoms with van der Waals surface area (Å²) in [7, 11) is 0. The largest absolute Gasteiger partial charge is 1.00 e. The van der Waals surface area contributed by atoms with Crippen LogP contribution in [0.3, 0.4) is 0 Å². The Balaban J connectivity index is 0.00000276. The van der Waals surface area contributed by atoms with Gasteiger partial charge in [0.15, 0.2) is 0 Å². The van der Waals surface area contributed by atoms with Gasteiger partial charge in [-0.25, -0.2) is 9.78 Å². The SMILES string of the molecule is Cc1nc(C)c(-c2ccc(NC(=O)COCC(=O)N3CCN(C(c4ccccc4)c4ccccc4)CC3)c(C(=O)O)c2)s1.[H-].[Na+]. The number of thiazole rings is 1. The number of nitrogens with zero attached hydrogens (tertiary/aromatic N) is 3. The van der Waals surface area contributed by atoms with Crippen molar-refractivity contribution in [2.45, 2.75) is 19.9 Å². The monoisotopic (exact) mass is 622 g/mol. The molecule has 1 saturated heterocycles. The summed E-state index contributed by atoms with van der Waals surface area (Å²) in [5, 5.41) is 13.2. The number of carbonyl (C=O) groups excluding carboxylic acids is 2. The van der Waals surface area contributed by atoms with E-state index in [9.17, 15) is 19.5 Å². The molecule has 2 heterocycles. The number of rotatable bonds is 10. The van der Waals surface area contributed by atoms with Gasteiger partial charge in [0, 0.05) is 26.2 Å². The van der Waals surface area contributed by atoms with Gasteiger partial charge < -0.3 is 21.5 Å². The molecule has 2 N–H and O–H groups in total. The predicted molar refractivity (Wildman–Crippen MR) is 167 cm³/mol. The molecule has 224 valence electrons. The summed E-state index contributed by atoms with van der Waals surface area (Å²) in [6, 6.07) is 25.7. The van der Waals surface area contributed by atoms with Gasteiger partial charge in [0.05, 0.1) is 32.9 Å². The number of hydrogen-bond donors (Lipinski definition) is 2. The molecule has 5 rings (SSSR count). The van der Waals surface area contributed by atoms with Crippen molar-refractivity contribution in [1.82, 2.24) is 14.8 Å². The van der Waals surface area contributed by atoms with E-state index in [1.165, 1.54) is 28.5 Å². The molecule has 0 atom stereocenters. The molecule has 0 radical (unpaired) electrons. The van der Waals surface area contributed by atoms with Crippen LogP contribution in [0, 0.1) is 13.8 Å². The summed E-state index contributed by atoms with van der Waals surface area (Å²) in [5.74, 6) is -1.88. The van der Waals surface area contributed by atoms with Crippen molar-refractivity contribution in [3.63, 3.8) is 0 Å². The molecule has 0 spiro atoms. The van der Waals surface area contributed by atoms with E-state index < -0.39 is 11.9 Å². The molecule has 1 fully saturated rings. The van der Waals surface area contributed by atoms with Crippen LogP contribution in [0.4, 0.5) is 5.69 Å². The maximum atomic E-state index is 12.9. The molecular weight excluding hydrogens is 587 g/mol. The fourth-order valence-electron chi connectivity index (χ4n) is 5.39. The summed E-state index contributed by atoms with van der Waals surface area (Å²) in [5.41, 5.74) is 4.09. The van der Waals surface area contributed by atoms with Crippen LogP contribution in [0.1, 0.15) is 39.7 Å². The predicted octanol–water partition coefficient (Wildman–Crippen LogP) is 2.13. The molecule has 0 aliphatic carbocycles. The van der Waals surface area contributed by atoms with Crippen LogP contribution < -0.4 is 34.9 Å². The van der Waals surface area contributed by atoms with E-state index in [1.54, 1.807) is 17.0 Å². The first-order valence-electron chi connectivity index (χ1n) is 14.1. The maximum Gasteiger partial charge on any atom is 1.00 e. The number of piperazine rings is 1. The van der Waals surface area contributed by atoms with Crippen molar-refractivity contribution >= 4 is 34.8 Å². The molecule has 0 bridgehead atoms. The molecular formula is C33H35N4NaO5S. The minimum absolute atomic E-state index is 0. The zero-order valence-corrected chi connectivity index (χ0v) is 28.0. The van der Waals surface area contributed by atoms with Gasteiger partial charge in [0.2, 0.25) is 11.8 Å². The van der Waals surface area contributed by atoms with Gasteiger partial charge >= 0.3 is 35.5 Å². The van der Waals surface area contributed by atoms with E-state index in [0.717, 1.165) is 21.1 Å². The first-order chi connectivity index (χ1) is 20.8. The van der Waals surface area contributed by atoms with E-state index in [4.69, 9.17) is 4.74 Å². The van der Waals surface area contributed by atoms with Gasteiger partial charge in [-0.15, -0.1) is 11.3 Å². The number of aryl methyl sites for hydroxylation is 2. The third-order valence-electron chi connectivity index (χ3n) is 7.41. The normalized spacial score (nSPS) is 13.4. The quantitative estimate of drug-likeness (QED) is 0.261. The number of aromatic carboxylic acids is 1. The molecule has 2 amide bonds. The van der Waals surface area contributed by atoms with Crippen LogP contribution in [-0.2, 0) is 14.3 Å². The number of carbonyl (C=O) groups is 3. The molecule has 11 heteroatoms. The minimum Gasteiger partial charge on any atom is -1.00 e. The Hall–Kier alpha value is -3.38. The number of hydrogen-bond acceptors (Lipinski definition) is 7. The summed E-state index contributed by atoms with van der Waals surface area (Å²) in [4.78, 5) is 46.8. The second-order valence-corrected chi connectivity index (χ2v) is 11.6. The molecule has 9 nitrogen and oxygen atoms in total. The van der Waals surface area contributed by atoms with Crippen LogP contribution in [0.2, 0.25) is 0 Å². The molecule has 4 aromatic rings. The maximum absolute atomic E-state index is 12.9. The molecule has 1 aromatic heterocycles. The molecule has 44 heavy (non-hydrogen) atoms. The number of nitrogens with one attached hydrogen (secondary N) is 1. The number of benzene rings is 3. The average Bonchev–Trinajstić information content (AvgIpc) is 3.36. The fourth-order valence-corrected chi connectivity index (χ4v) is 6.31. The van der Waals surface area contributed by atoms with Crippen molar-refractivity contribution in [2.75, 3.05) is 44.7 Å². The Morgan fingerprint density at radius 1 is 0.932 bits per heavy atom. The standard InChI is InChI=1S/C33H34N4O5S.Na.H/c1-22-32(43-23(2)34-22)26-13-14-28(27(19-26)33(40)41)35-29(38)20-42-21-30(39)36-15-17-37(18-16-36)31(24-9-5-3-6-10-24)25-11-7-4-8-12-25;;/h3-14,19,31H,15-18,20-21H2,1-2H3,(H,35,38)(H,40,41);;/q;+1;-1. The second-order valence-electron chi connectivity index (χ2n) is 10.4. The van der Waals surface area contributed by atoms with Gasteiger partial charge in [-0.05, 0) is 42.7 Å². The van der Waals surface area contributed by atoms with E-state index in [0.29, 0.717) is 26.2 Å². The van der Waals surface area contributed by atoms with Crippen molar-refractivity contribution in [3.05, 3.63) is 106 Å². The Bertz CT molecular complexity index is 1560. The zero-order chi connectivity index (χ0) is 30.3. The van der Waals surface area contributed by atoms with E-state index in [1.807, 2.05) is 50.2 Å². The number of amides is 2. The Morgan fingerprint density at radius 3 is 2.09 bits per heavy atom. The van der Waals surface area contributed by atoms with Crippen LogP contribution >= 0.6 is 11.3 Å². The van der Waals surface area contributed by atoms with Crippen LogP contribution in [0.15, 0.2) is 78.9 Å². The smallest absolute Gasteiger partial charge is 1.00 e. The van der Waals surface area contributed by atoms with E-state index in [-0.39, 0.29) is 67.4 Å². The van der Waals surface area contributed by atoms with Crippen LogP contribution in [0.5, 0.6) is 0 Å². The Morgan fingerprint density at radius 2 is 1.55 bits per heavy atom. The van der Waals surface area contributed by atoms with Crippen molar-refractivity contribution in [3.8, 4) is 10.4 Å². The average molecular weight is 623 g/mol.